The number of hydrogen-bond donors (Lipinski definition) is 0. The highest BCUT2D eigenvalue weighted by atomic mass is 35.5. The van der Waals surface area contributed by atoms with Crippen molar-refractivity contribution < 1.29 is 0 Å². The lowest BCUT2D eigenvalue weighted by Crippen LogP contribution is -2.24. The minimum atomic E-state index is 0.341. The van der Waals surface area contributed by atoms with Gasteiger partial charge in [0, 0.05) is 6.54 Å². The summed E-state index contributed by atoms with van der Waals surface area (Å²) in [6.45, 7) is 6.74. The zero-order valence-corrected chi connectivity index (χ0v) is 18.8. The molecule has 0 atom stereocenters. The SMILES string of the molecule is CCN(CC)C/C(=C\c1cc(Cl)c(Cl)c(Cl)c1)c1cc(Cl)c(Cl)c(Cl)c1. The van der Waals surface area contributed by atoms with E-state index in [4.69, 9.17) is 69.6 Å². The van der Waals surface area contributed by atoms with Crippen LogP contribution in [0.15, 0.2) is 24.3 Å². The van der Waals surface area contributed by atoms with E-state index < -0.39 is 0 Å². The van der Waals surface area contributed by atoms with E-state index in [0.29, 0.717) is 36.7 Å². The average Bonchev–Trinajstić information content (AvgIpc) is 2.60. The van der Waals surface area contributed by atoms with Crippen LogP contribution in [0.5, 0.6) is 0 Å². The Hall–Kier alpha value is -0.120. The van der Waals surface area contributed by atoms with Gasteiger partial charge in [-0.15, -0.1) is 0 Å². The summed E-state index contributed by atoms with van der Waals surface area (Å²) in [4.78, 5) is 2.28. The summed E-state index contributed by atoms with van der Waals surface area (Å²) >= 11 is 36.9. The molecular formula is C19H17Cl6N. The predicted molar refractivity (Wildman–Crippen MR) is 119 cm³/mol. The van der Waals surface area contributed by atoms with Gasteiger partial charge >= 0.3 is 0 Å². The molecule has 2 aromatic rings. The fourth-order valence-corrected chi connectivity index (χ4v) is 3.72. The summed E-state index contributed by atoms with van der Waals surface area (Å²) in [5.41, 5.74) is 2.75. The van der Waals surface area contributed by atoms with E-state index in [0.717, 1.165) is 29.8 Å². The normalized spacial score (nSPS) is 12.1. The Bertz CT molecular complexity index is 781. The van der Waals surface area contributed by atoms with Gasteiger partial charge in [0.25, 0.3) is 0 Å². The maximum Gasteiger partial charge on any atom is 0.0778 e. The molecule has 26 heavy (non-hydrogen) atoms. The van der Waals surface area contributed by atoms with Crippen molar-refractivity contribution in [3.63, 3.8) is 0 Å². The van der Waals surface area contributed by atoms with Gasteiger partial charge in [-0.25, -0.2) is 0 Å². The van der Waals surface area contributed by atoms with Gasteiger partial charge in [0.1, 0.15) is 0 Å². The molecule has 0 aliphatic heterocycles. The Morgan fingerprint density at radius 2 is 1.19 bits per heavy atom. The van der Waals surface area contributed by atoms with E-state index >= 15 is 0 Å². The van der Waals surface area contributed by atoms with E-state index in [1.54, 1.807) is 12.1 Å². The third-order valence-electron chi connectivity index (χ3n) is 3.99. The Morgan fingerprint density at radius 1 is 0.769 bits per heavy atom. The molecule has 0 aliphatic rings. The van der Waals surface area contributed by atoms with Gasteiger partial charge in [0.2, 0.25) is 0 Å². The fourth-order valence-electron chi connectivity index (χ4n) is 2.51. The molecule has 0 bridgehead atoms. The van der Waals surface area contributed by atoms with E-state index in [1.807, 2.05) is 18.2 Å². The quantitative estimate of drug-likeness (QED) is 0.301. The maximum atomic E-state index is 6.22. The summed E-state index contributed by atoms with van der Waals surface area (Å²) in [6, 6.07) is 7.17. The minimum Gasteiger partial charge on any atom is -0.300 e. The van der Waals surface area contributed by atoms with E-state index in [-0.39, 0.29) is 0 Å². The topological polar surface area (TPSA) is 3.24 Å². The number of rotatable bonds is 6. The molecule has 2 rings (SSSR count). The molecule has 0 heterocycles. The molecular weight excluding hydrogens is 455 g/mol. The van der Waals surface area contributed by atoms with Crippen molar-refractivity contribution in [1.29, 1.82) is 0 Å². The standard InChI is InChI=1S/C19H17Cl6N/c1-3-26(4-2)10-13(12-8-16(22)19(25)17(23)9-12)5-11-6-14(20)18(24)15(21)7-11/h5-9H,3-4,10H2,1-2H3/b13-5+. The molecule has 0 spiro atoms. The average molecular weight is 472 g/mol. The Kier molecular flexibility index (Phi) is 8.43. The van der Waals surface area contributed by atoms with Gasteiger partial charge in [0.15, 0.2) is 0 Å². The smallest absolute Gasteiger partial charge is 0.0778 e. The second-order valence-electron chi connectivity index (χ2n) is 5.68. The molecule has 0 saturated heterocycles. The van der Waals surface area contributed by atoms with Crippen LogP contribution in [0.2, 0.25) is 30.1 Å². The van der Waals surface area contributed by atoms with Crippen LogP contribution in [0.25, 0.3) is 11.6 Å². The van der Waals surface area contributed by atoms with Gasteiger partial charge in [-0.2, -0.15) is 0 Å². The van der Waals surface area contributed by atoms with Crippen LogP contribution in [-0.4, -0.2) is 24.5 Å². The summed E-state index contributed by atoms with van der Waals surface area (Å²) in [5, 5.41) is 2.31. The van der Waals surface area contributed by atoms with Gasteiger partial charge in [0.05, 0.1) is 30.1 Å². The molecule has 0 unspecified atom stereocenters. The van der Waals surface area contributed by atoms with Crippen LogP contribution in [-0.2, 0) is 0 Å². The summed E-state index contributed by atoms with van der Waals surface area (Å²) in [6.07, 6.45) is 2.00. The molecule has 2 aromatic carbocycles. The first-order chi connectivity index (χ1) is 12.3. The largest absolute Gasteiger partial charge is 0.300 e. The van der Waals surface area contributed by atoms with Crippen molar-refractivity contribution in [3.8, 4) is 0 Å². The number of likely N-dealkylation sites (N-methyl/N-ethyl adjacent to an activating group) is 1. The van der Waals surface area contributed by atoms with Gasteiger partial charge < -0.3 is 0 Å². The lowest BCUT2D eigenvalue weighted by molar-refractivity contribution is 0.342. The molecule has 0 aromatic heterocycles. The van der Waals surface area contributed by atoms with Crippen molar-refractivity contribution in [3.05, 3.63) is 65.5 Å². The zero-order chi connectivity index (χ0) is 19.4. The van der Waals surface area contributed by atoms with Crippen molar-refractivity contribution >= 4 is 81.3 Å². The second kappa shape index (κ2) is 9.89. The van der Waals surface area contributed by atoms with E-state index in [2.05, 4.69) is 18.7 Å². The third kappa shape index (κ3) is 5.45. The number of benzene rings is 2. The zero-order valence-electron chi connectivity index (χ0n) is 14.2. The van der Waals surface area contributed by atoms with E-state index in [9.17, 15) is 0 Å². The second-order valence-corrected chi connectivity index (χ2v) is 8.07. The maximum absolute atomic E-state index is 6.22. The Morgan fingerprint density at radius 3 is 1.62 bits per heavy atom. The Balaban J connectivity index is 2.57. The molecule has 0 fully saturated rings. The lowest BCUT2D eigenvalue weighted by atomic mass is 10.0. The first-order valence-corrected chi connectivity index (χ1v) is 10.3. The number of halogens is 6. The van der Waals surface area contributed by atoms with Crippen molar-refractivity contribution in [2.45, 2.75) is 13.8 Å². The molecule has 7 heteroatoms. The van der Waals surface area contributed by atoms with Crippen LogP contribution in [0.1, 0.15) is 25.0 Å². The first-order valence-electron chi connectivity index (χ1n) is 7.99. The van der Waals surface area contributed by atoms with E-state index in [1.165, 1.54) is 0 Å². The summed E-state index contributed by atoms with van der Waals surface area (Å²) < 4.78 is 0. The molecule has 0 saturated carbocycles. The molecule has 0 amide bonds. The number of hydrogen-bond acceptors (Lipinski definition) is 1. The molecule has 0 N–H and O–H groups in total. The third-order valence-corrected chi connectivity index (χ3v) is 6.38. The van der Waals surface area contributed by atoms with Crippen molar-refractivity contribution in [1.82, 2.24) is 4.90 Å². The predicted octanol–water partition coefficient (Wildman–Crippen LogP) is 8.49. The van der Waals surface area contributed by atoms with Crippen molar-refractivity contribution in [2.75, 3.05) is 19.6 Å². The van der Waals surface area contributed by atoms with Crippen LogP contribution in [0, 0.1) is 0 Å². The van der Waals surface area contributed by atoms with Crippen LogP contribution in [0.3, 0.4) is 0 Å². The van der Waals surface area contributed by atoms with Crippen LogP contribution in [0.4, 0.5) is 0 Å². The van der Waals surface area contributed by atoms with Gasteiger partial charge in [-0.3, -0.25) is 4.90 Å². The minimum absolute atomic E-state index is 0.341. The monoisotopic (exact) mass is 469 g/mol. The Labute approximate surface area is 184 Å². The van der Waals surface area contributed by atoms with Crippen LogP contribution < -0.4 is 0 Å². The molecule has 0 radical (unpaired) electrons. The molecule has 140 valence electrons. The van der Waals surface area contributed by atoms with Crippen LogP contribution >= 0.6 is 69.6 Å². The summed E-state index contributed by atoms with van der Waals surface area (Å²) in [5.74, 6) is 0. The summed E-state index contributed by atoms with van der Waals surface area (Å²) in [7, 11) is 0. The highest BCUT2D eigenvalue weighted by Crippen LogP contribution is 2.36. The first kappa shape index (κ1) is 22.2. The molecule has 0 aliphatic carbocycles. The highest BCUT2D eigenvalue weighted by molar-refractivity contribution is 6.48. The lowest BCUT2D eigenvalue weighted by Gasteiger charge is -2.21. The van der Waals surface area contributed by atoms with Crippen molar-refractivity contribution in [2.24, 2.45) is 0 Å². The number of nitrogens with zero attached hydrogens (tertiary/aromatic N) is 1. The molecule has 1 nitrogen and oxygen atoms in total. The fraction of sp³-hybridized carbons (Fsp3) is 0.263. The van der Waals surface area contributed by atoms with Gasteiger partial charge in [-0.1, -0.05) is 83.5 Å². The highest BCUT2D eigenvalue weighted by Gasteiger charge is 2.13. The van der Waals surface area contributed by atoms with Gasteiger partial charge in [-0.05, 0) is 60.1 Å².